The number of benzene rings is 1. The van der Waals surface area contributed by atoms with Gasteiger partial charge in [-0.1, -0.05) is 0 Å². The first kappa shape index (κ1) is 18.7. The molecule has 9 heteroatoms. The lowest BCUT2D eigenvalue weighted by Crippen LogP contribution is -2.51. The first-order chi connectivity index (χ1) is 13.1. The zero-order valence-corrected chi connectivity index (χ0v) is 15.9. The molecule has 3 heterocycles. The Labute approximate surface area is 159 Å². The van der Waals surface area contributed by atoms with Gasteiger partial charge in [0.2, 0.25) is 10.0 Å². The Morgan fingerprint density at radius 2 is 1.93 bits per heavy atom. The van der Waals surface area contributed by atoms with Crippen molar-refractivity contribution >= 4 is 15.9 Å². The van der Waals surface area contributed by atoms with Crippen LogP contribution in [-0.2, 0) is 26.1 Å². The van der Waals surface area contributed by atoms with Gasteiger partial charge in [0.15, 0.2) is 6.79 Å². The Morgan fingerprint density at radius 1 is 1.11 bits per heavy atom. The molecule has 1 atom stereocenters. The molecule has 1 amide bonds. The monoisotopic (exact) mass is 396 g/mol. The van der Waals surface area contributed by atoms with E-state index in [9.17, 15) is 13.2 Å². The van der Waals surface area contributed by atoms with Crippen LogP contribution in [0.1, 0.15) is 28.8 Å². The van der Waals surface area contributed by atoms with Gasteiger partial charge in [-0.25, -0.2) is 8.42 Å². The molecule has 1 unspecified atom stereocenters. The molecule has 0 radical (unpaired) electrons. The summed E-state index contributed by atoms with van der Waals surface area (Å²) >= 11 is 0. The van der Waals surface area contributed by atoms with Gasteiger partial charge < -0.3 is 19.1 Å². The summed E-state index contributed by atoms with van der Waals surface area (Å²) in [6, 6.07) is 5.28. The van der Waals surface area contributed by atoms with Crippen molar-refractivity contribution in [3.63, 3.8) is 0 Å². The lowest BCUT2D eigenvalue weighted by atomic mass is 10.1. The van der Waals surface area contributed by atoms with Gasteiger partial charge in [-0.2, -0.15) is 4.31 Å². The zero-order valence-electron chi connectivity index (χ0n) is 15.1. The van der Waals surface area contributed by atoms with E-state index in [1.54, 1.807) is 23.1 Å². The summed E-state index contributed by atoms with van der Waals surface area (Å²) in [5, 5.41) is -0.558. The Hall–Kier alpha value is -1.68. The molecule has 0 spiro atoms. The van der Waals surface area contributed by atoms with Crippen LogP contribution in [0.4, 0.5) is 0 Å². The van der Waals surface area contributed by atoms with Crippen LogP contribution in [0.3, 0.4) is 0 Å². The van der Waals surface area contributed by atoms with Crippen molar-refractivity contribution in [3.8, 4) is 5.75 Å². The highest BCUT2D eigenvalue weighted by atomic mass is 32.2. The second kappa shape index (κ2) is 7.75. The summed E-state index contributed by atoms with van der Waals surface area (Å²) in [7, 11) is -3.43. The van der Waals surface area contributed by atoms with Crippen molar-refractivity contribution in [2.75, 3.05) is 46.2 Å². The normalized spacial score (nSPS) is 24.1. The van der Waals surface area contributed by atoms with Gasteiger partial charge in [0.05, 0.1) is 25.1 Å². The van der Waals surface area contributed by atoms with E-state index in [1.165, 1.54) is 4.31 Å². The van der Waals surface area contributed by atoms with E-state index in [0.717, 1.165) is 11.3 Å². The fraction of sp³-hybridized carbons (Fsp3) is 0.611. The van der Waals surface area contributed by atoms with Crippen LogP contribution in [0.5, 0.6) is 5.75 Å². The van der Waals surface area contributed by atoms with E-state index in [2.05, 4.69) is 0 Å². The van der Waals surface area contributed by atoms with Gasteiger partial charge in [-0.15, -0.1) is 0 Å². The van der Waals surface area contributed by atoms with Gasteiger partial charge in [0, 0.05) is 37.3 Å². The molecule has 0 saturated carbocycles. The number of morpholine rings is 1. The summed E-state index contributed by atoms with van der Waals surface area (Å²) in [5.74, 6) is 0.578. The van der Waals surface area contributed by atoms with E-state index in [-0.39, 0.29) is 19.2 Å². The third kappa shape index (κ3) is 3.82. The number of hydrogen-bond acceptors (Lipinski definition) is 6. The van der Waals surface area contributed by atoms with E-state index < -0.39 is 15.3 Å². The summed E-state index contributed by atoms with van der Waals surface area (Å²) in [6.45, 7) is 3.04. The fourth-order valence-electron chi connectivity index (χ4n) is 3.78. The molecular weight excluding hydrogens is 372 g/mol. The second-order valence-corrected chi connectivity index (χ2v) is 9.22. The van der Waals surface area contributed by atoms with E-state index in [0.29, 0.717) is 57.9 Å². The lowest BCUT2D eigenvalue weighted by Gasteiger charge is -2.36. The molecule has 3 aliphatic heterocycles. The molecule has 2 saturated heterocycles. The van der Waals surface area contributed by atoms with Gasteiger partial charge in [0.1, 0.15) is 5.75 Å². The van der Waals surface area contributed by atoms with Crippen LogP contribution in [0, 0.1) is 0 Å². The molecular formula is C18H24N2O6S. The molecule has 4 rings (SSSR count). The summed E-state index contributed by atoms with van der Waals surface area (Å²) < 4.78 is 43.3. The number of rotatable bonds is 3. The number of likely N-dealkylation sites (tertiary alicyclic amines) is 1. The minimum atomic E-state index is -3.43. The minimum absolute atomic E-state index is 0.148. The Bertz CT molecular complexity index is 806. The third-order valence-corrected chi connectivity index (χ3v) is 7.59. The smallest absolute Gasteiger partial charge is 0.253 e. The SMILES string of the molecule is O=C(c1ccc2c(c1)COCO2)N1CCCC(S(=O)(=O)N2CCOCC2)C1. The summed E-state index contributed by atoms with van der Waals surface area (Å²) in [6.07, 6.45) is 1.26. The maximum atomic E-state index is 13.0. The molecule has 1 aromatic rings. The number of hydrogen-bond donors (Lipinski definition) is 0. The molecule has 0 N–H and O–H groups in total. The summed E-state index contributed by atoms with van der Waals surface area (Å²) in [4.78, 5) is 14.6. The molecule has 1 aromatic carbocycles. The Morgan fingerprint density at radius 3 is 2.74 bits per heavy atom. The first-order valence-corrected chi connectivity index (χ1v) is 10.8. The number of ether oxygens (including phenoxy) is 3. The Kier molecular flexibility index (Phi) is 5.36. The first-order valence-electron chi connectivity index (χ1n) is 9.25. The fourth-order valence-corrected chi connectivity index (χ4v) is 5.70. The van der Waals surface area contributed by atoms with E-state index in [4.69, 9.17) is 14.2 Å². The van der Waals surface area contributed by atoms with Crippen molar-refractivity contribution in [2.24, 2.45) is 0 Å². The van der Waals surface area contributed by atoms with Crippen LogP contribution in [0.15, 0.2) is 18.2 Å². The third-order valence-electron chi connectivity index (χ3n) is 5.28. The molecule has 2 fully saturated rings. The van der Waals surface area contributed by atoms with Crippen LogP contribution < -0.4 is 4.74 Å². The quantitative estimate of drug-likeness (QED) is 0.752. The van der Waals surface area contributed by atoms with Crippen molar-refractivity contribution < 1.29 is 27.4 Å². The number of fused-ring (bicyclic) bond motifs is 1. The van der Waals surface area contributed by atoms with Crippen LogP contribution in [0.25, 0.3) is 0 Å². The van der Waals surface area contributed by atoms with Gasteiger partial charge >= 0.3 is 0 Å². The molecule has 0 aromatic heterocycles. The predicted molar refractivity (Wildman–Crippen MR) is 97.0 cm³/mol. The molecule has 3 aliphatic rings. The highest BCUT2D eigenvalue weighted by molar-refractivity contribution is 7.89. The standard InChI is InChI=1S/C18H24N2O6S/c21-18(14-3-4-17-15(10-14)12-25-13-26-17)19-5-1-2-16(11-19)27(22,23)20-6-8-24-9-7-20/h3-4,10,16H,1-2,5-9,11-13H2. The molecule has 0 bridgehead atoms. The Balaban J connectivity index is 1.48. The van der Waals surface area contributed by atoms with Gasteiger partial charge in [0.25, 0.3) is 5.91 Å². The highest BCUT2D eigenvalue weighted by Crippen LogP contribution is 2.27. The minimum Gasteiger partial charge on any atom is -0.467 e. The summed E-state index contributed by atoms with van der Waals surface area (Å²) in [5.41, 5.74) is 1.37. The largest absolute Gasteiger partial charge is 0.467 e. The topological polar surface area (TPSA) is 85.4 Å². The average Bonchev–Trinajstić information content (AvgIpc) is 2.73. The highest BCUT2D eigenvalue weighted by Gasteiger charge is 2.37. The van der Waals surface area contributed by atoms with Crippen molar-refractivity contribution in [1.29, 1.82) is 0 Å². The van der Waals surface area contributed by atoms with Crippen LogP contribution >= 0.6 is 0 Å². The number of nitrogens with zero attached hydrogens (tertiary/aromatic N) is 2. The molecule has 148 valence electrons. The molecule has 0 aliphatic carbocycles. The average molecular weight is 396 g/mol. The number of carbonyl (C=O) groups excluding carboxylic acids is 1. The van der Waals surface area contributed by atoms with Crippen molar-refractivity contribution in [1.82, 2.24) is 9.21 Å². The molecule has 8 nitrogen and oxygen atoms in total. The van der Waals surface area contributed by atoms with Gasteiger partial charge in [-0.05, 0) is 31.0 Å². The zero-order chi connectivity index (χ0) is 18.9. The molecule has 27 heavy (non-hydrogen) atoms. The number of piperidine rings is 1. The van der Waals surface area contributed by atoms with Crippen molar-refractivity contribution in [3.05, 3.63) is 29.3 Å². The number of sulfonamides is 1. The predicted octanol–water partition coefficient (Wildman–Crippen LogP) is 0.820. The number of amides is 1. The maximum Gasteiger partial charge on any atom is 0.253 e. The van der Waals surface area contributed by atoms with Crippen molar-refractivity contribution in [2.45, 2.75) is 24.7 Å². The lowest BCUT2D eigenvalue weighted by molar-refractivity contribution is -0.0164. The van der Waals surface area contributed by atoms with Crippen LogP contribution in [0.2, 0.25) is 0 Å². The van der Waals surface area contributed by atoms with E-state index in [1.807, 2.05) is 0 Å². The number of carbonyl (C=O) groups is 1. The second-order valence-electron chi connectivity index (χ2n) is 7.00. The maximum absolute atomic E-state index is 13.0. The van der Waals surface area contributed by atoms with E-state index >= 15 is 0 Å². The van der Waals surface area contributed by atoms with Crippen LogP contribution in [-0.4, -0.2) is 75.0 Å². The van der Waals surface area contributed by atoms with Gasteiger partial charge in [-0.3, -0.25) is 4.79 Å².